The number of nitrogens with two attached hydrogens (primary N) is 1. The van der Waals surface area contributed by atoms with Gasteiger partial charge in [-0.2, -0.15) is 0 Å². The van der Waals surface area contributed by atoms with Crippen LogP contribution in [0.3, 0.4) is 0 Å². The summed E-state index contributed by atoms with van der Waals surface area (Å²) in [4.78, 5) is 0. The maximum atomic E-state index is 5.17. The largest absolute Gasteiger partial charge is 0.270 e. The molecule has 0 amide bonds. The van der Waals surface area contributed by atoms with Crippen molar-refractivity contribution in [3.8, 4) is 0 Å². The standard InChI is InChI=1S/C5H6N2/c6-7-5-2-1-4(5)3-5/h2,7H,3,6H2. The summed E-state index contributed by atoms with van der Waals surface area (Å²) >= 11 is 0. The van der Waals surface area contributed by atoms with Crippen LogP contribution in [0, 0.1) is 0 Å². The average molecular weight is 94.1 g/mol. The normalized spacial score (nSPS) is 41.6. The van der Waals surface area contributed by atoms with Crippen LogP contribution >= 0.6 is 0 Å². The third kappa shape index (κ3) is 0.212. The number of nitrogens with one attached hydrogen (secondary N) is 1. The summed E-state index contributed by atoms with van der Waals surface area (Å²) in [7, 11) is 0. The van der Waals surface area contributed by atoms with Crippen molar-refractivity contribution < 1.29 is 0 Å². The van der Waals surface area contributed by atoms with Crippen molar-refractivity contribution in [2.24, 2.45) is 5.84 Å². The Balaban J connectivity index is 2.31. The maximum Gasteiger partial charge on any atom is 0.0901 e. The quantitative estimate of drug-likeness (QED) is 0.265. The second-order valence-electron chi connectivity index (χ2n) is 2.06. The Kier molecular flexibility index (Phi) is 0.341. The summed E-state index contributed by atoms with van der Waals surface area (Å²) in [5, 5.41) is 0. The van der Waals surface area contributed by atoms with Crippen LogP contribution < -0.4 is 11.3 Å². The van der Waals surface area contributed by atoms with Crippen LogP contribution in [0.15, 0.2) is 17.4 Å². The first-order valence-electron chi connectivity index (χ1n) is 2.32. The van der Waals surface area contributed by atoms with E-state index < -0.39 is 0 Å². The minimum absolute atomic E-state index is 0.139. The topological polar surface area (TPSA) is 38.0 Å². The lowest BCUT2D eigenvalue weighted by Crippen LogP contribution is -2.37. The second kappa shape index (κ2) is 0.693. The van der Waals surface area contributed by atoms with Gasteiger partial charge in [0.1, 0.15) is 0 Å². The molecule has 3 N–H and O–H groups in total. The first kappa shape index (κ1) is 3.44. The van der Waals surface area contributed by atoms with Gasteiger partial charge in [0.15, 0.2) is 0 Å². The van der Waals surface area contributed by atoms with E-state index in [0.29, 0.717) is 0 Å². The number of hydrazine groups is 1. The highest BCUT2D eigenvalue weighted by Gasteiger charge is 2.50. The summed E-state index contributed by atoms with van der Waals surface area (Å²) < 4.78 is 0. The minimum Gasteiger partial charge on any atom is -0.270 e. The van der Waals surface area contributed by atoms with Gasteiger partial charge in [-0.25, -0.2) is 5.43 Å². The summed E-state index contributed by atoms with van der Waals surface area (Å²) in [6.07, 6.45) is 3.06. The Morgan fingerprint density at radius 1 is 2.00 bits per heavy atom. The maximum absolute atomic E-state index is 5.17. The molecule has 1 saturated carbocycles. The van der Waals surface area contributed by atoms with E-state index in [2.05, 4.69) is 11.2 Å². The Labute approximate surface area is 41.7 Å². The molecule has 0 heterocycles. The van der Waals surface area contributed by atoms with Gasteiger partial charge in [0.05, 0.1) is 5.54 Å². The lowest BCUT2D eigenvalue weighted by atomic mass is 10.2. The summed E-state index contributed by atoms with van der Waals surface area (Å²) in [5.41, 5.74) is 7.19. The van der Waals surface area contributed by atoms with Crippen LogP contribution in [-0.4, -0.2) is 5.54 Å². The zero-order chi connectivity index (χ0) is 4.91. The molecule has 2 heteroatoms. The van der Waals surface area contributed by atoms with E-state index in [1.54, 1.807) is 0 Å². The van der Waals surface area contributed by atoms with Crippen molar-refractivity contribution in [3.63, 3.8) is 0 Å². The monoisotopic (exact) mass is 94.1 g/mol. The first-order chi connectivity index (χ1) is 3.37. The van der Waals surface area contributed by atoms with Gasteiger partial charge < -0.3 is 0 Å². The predicted molar refractivity (Wildman–Crippen MR) is 26.3 cm³/mol. The number of hydrogen-bond donors (Lipinski definition) is 2. The molecule has 1 atom stereocenters. The number of fused-ring (bicyclic) bond motifs is 1. The van der Waals surface area contributed by atoms with Gasteiger partial charge >= 0.3 is 0 Å². The molecule has 0 aromatic heterocycles. The van der Waals surface area contributed by atoms with Crippen molar-refractivity contribution >= 4 is 0 Å². The average Bonchev–Trinajstić information content (AvgIpc) is 2.12. The van der Waals surface area contributed by atoms with Gasteiger partial charge in [-0.1, -0.05) is 0 Å². The third-order valence-electron chi connectivity index (χ3n) is 1.62. The van der Waals surface area contributed by atoms with E-state index in [4.69, 9.17) is 5.84 Å². The molecule has 2 rings (SSSR count). The SMILES string of the molecule is NNC12C=C=C1C2. The van der Waals surface area contributed by atoms with Crippen LogP contribution in [0.2, 0.25) is 0 Å². The minimum atomic E-state index is 0.139. The molecule has 0 aromatic carbocycles. The molecular weight excluding hydrogens is 88.1 g/mol. The van der Waals surface area contributed by atoms with Crippen molar-refractivity contribution in [1.82, 2.24) is 5.43 Å². The van der Waals surface area contributed by atoms with Gasteiger partial charge in [0.25, 0.3) is 0 Å². The van der Waals surface area contributed by atoms with Gasteiger partial charge in [-0.05, 0) is 6.08 Å². The van der Waals surface area contributed by atoms with Crippen molar-refractivity contribution in [3.05, 3.63) is 17.4 Å². The molecule has 7 heavy (non-hydrogen) atoms. The van der Waals surface area contributed by atoms with E-state index >= 15 is 0 Å². The molecule has 0 aromatic rings. The van der Waals surface area contributed by atoms with Gasteiger partial charge in [-0.15, -0.1) is 5.73 Å². The van der Waals surface area contributed by atoms with E-state index in [1.165, 1.54) is 5.57 Å². The summed E-state index contributed by atoms with van der Waals surface area (Å²) in [5.74, 6) is 5.17. The van der Waals surface area contributed by atoms with Crippen LogP contribution in [0.5, 0.6) is 0 Å². The predicted octanol–water partition coefficient (Wildman–Crippen LogP) is -0.313. The molecule has 0 aliphatic heterocycles. The van der Waals surface area contributed by atoms with E-state index in [-0.39, 0.29) is 5.54 Å². The van der Waals surface area contributed by atoms with E-state index in [0.717, 1.165) is 6.42 Å². The highest BCUT2D eigenvalue weighted by Crippen LogP contribution is 2.47. The summed E-state index contributed by atoms with van der Waals surface area (Å²) in [6, 6.07) is 0. The molecule has 0 spiro atoms. The summed E-state index contributed by atoms with van der Waals surface area (Å²) in [6.45, 7) is 0. The fraction of sp³-hybridized carbons (Fsp3) is 0.400. The fourth-order valence-corrected chi connectivity index (χ4v) is 0.865. The molecule has 1 unspecified atom stereocenters. The Morgan fingerprint density at radius 3 is 2.86 bits per heavy atom. The van der Waals surface area contributed by atoms with Crippen molar-refractivity contribution in [1.29, 1.82) is 0 Å². The van der Waals surface area contributed by atoms with Gasteiger partial charge in [0.2, 0.25) is 0 Å². The van der Waals surface area contributed by atoms with Crippen molar-refractivity contribution in [2.45, 2.75) is 12.0 Å². The second-order valence-corrected chi connectivity index (χ2v) is 2.06. The van der Waals surface area contributed by atoms with Crippen molar-refractivity contribution in [2.75, 3.05) is 0 Å². The molecular formula is C5H6N2. The van der Waals surface area contributed by atoms with Crippen LogP contribution in [0.25, 0.3) is 0 Å². The number of hydrogen-bond acceptors (Lipinski definition) is 2. The molecule has 2 aliphatic carbocycles. The highest BCUT2D eigenvalue weighted by molar-refractivity contribution is 5.52. The molecule has 0 bridgehead atoms. The van der Waals surface area contributed by atoms with Crippen LogP contribution in [0.1, 0.15) is 6.42 Å². The molecule has 36 valence electrons. The Morgan fingerprint density at radius 2 is 2.86 bits per heavy atom. The Bertz CT molecular complexity index is 177. The molecule has 0 radical (unpaired) electrons. The van der Waals surface area contributed by atoms with Gasteiger partial charge in [-0.3, -0.25) is 5.84 Å². The van der Waals surface area contributed by atoms with E-state index in [9.17, 15) is 0 Å². The fourth-order valence-electron chi connectivity index (χ4n) is 0.865. The van der Waals surface area contributed by atoms with E-state index in [1.807, 2.05) is 6.08 Å². The molecule has 1 fully saturated rings. The highest BCUT2D eigenvalue weighted by atomic mass is 15.3. The molecule has 0 saturated heterocycles. The molecule has 2 nitrogen and oxygen atoms in total. The van der Waals surface area contributed by atoms with Gasteiger partial charge in [0, 0.05) is 12.0 Å². The smallest absolute Gasteiger partial charge is 0.0901 e. The number of rotatable bonds is 1. The zero-order valence-corrected chi connectivity index (χ0v) is 3.86. The van der Waals surface area contributed by atoms with Crippen LogP contribution in [-0.2, 0) is 0 Å². The lowest BCUT2D eigenvalue weighted by Gasteiger charge is -2.07. The van der Waals surface area contributed by atoms with Crippen LogP contribution in [0.4, 0.5) is 0 Å². The first-order valence-corrected chi connectivity index (χ1v) is 2.32. The molecule has 2 aliphatic rings. The zero-order valence-electron chi connectivity index (χ0n) is 3.86. The Hall–Kier alpha value is -0.560. The lowest BCUT2D eigenvalue weighted by molar-refractivity contribution is 0.629. The third-order valence-corrected chi connectivity index (χ3v) is 1.62.